The second-order valence-corrected chi connectivity index (χ2v) is 5.44. The third-order valence-corrected chi connectivity index (χ3v) is 3.29. The van der Waals surface area contributed by atoms with Gasteiger partial charge in [-0.25, -0.2) is 0 Å². The van der Waals surface area contributed by atoms with E-state index in [2.05, 4.69) is 17.1 Å². The fourth-order valence-electron chi connectivity index (χ4n) is 2.13. The molecule has 1 rings (SSSR count). The zero-order valence-electron chi connectivity index (χ0n) is 13.4. The van der Waals surface area contributed by atoms with E-state index in [4.69, 9.17) is 0 Å². The van der Waals surface area contributed by atoms with Crippen molar-refractivity contribution in [2.24, 2.45) is 0 Å². The molecule has 4 nitrogen and oxygen atoms in total. The number of carbonyl (C=O) groups excluding carboxylic acids is 1. The van der Waals surface area contributed by atoms with Crippen LogP contribution in [0.15, 0.2) is 18.2 Å². The predicted molar refractivity (Wildman–Crippen MR) is 85.5 cm³/mol. The molecule has 1 amide bonds. The standard InChI is InChI=1S/C16H27N3O/c1-6-17-15-9-8-14(12-13(15)2)16(20)19(5)11-7-10-18(3)4/h8-9,12,17H,6-7,10-11H2,1-5H3. The van der Waals surface area contributed by atoms with Gasteiger partial charge in [0.15, 0.2) is 0 Å². The monoisotopic (exact) mass is 277 g/mol. The molecule has 0 heterocycles. The average molecular weight is 277 g/mol. The van der Waals surface area contributed by atoms with Crippen molar-refractivity contribution in [1.29, 1.82) is 0 Å². The van der Waals surface area contributed by atoms with Crippen LogP contribution in [0.3, 0.4) is 0 Å². The van der Waals surface area contributed by atoms with E-state index in [-0.39, 0.29) is 5.91 Å². The highest BCUT2D eigenvalue weighted by Gasteiger charge is 2.12. The third-order valence-electron chi connectivity index (χ3n) is 3.29. The van der Waals surface area contributed by atoms with Crippen LogP contribution in [0.2, 0.25) is 0 Å². The highest BCUT2D eigenvalue weighted by Crippen LogP contribution is 2.17. The fourth-order valence-corrected chi connectivity index (χ4v) is 2.13. The number of benzene rings is 1. The zero-order valence-corrected chi connectivity index (χ0v) is 13.4. The molecule has 0 spiro atoms. The lowest BCUT2D eigenvalue weighted by atomic mass is 10.1. The summed E-state index contributed by atoms with van der Waals surface area (Å²) in [5, 5.41) is 3.29. The van der Waals surface area contributed by atoms with Gasteiger partial charge in [-0.2, -0.15) is 0 Å². The Labute approximate surface area is 122 Å². The maximum absolute atomic E-state index is 12.3. The molecule has 0 saturated heterocycles. The van der Waals surface area contributed by atoms with Crippen molar-refractivity contribution >= 4 is 11.6 Å². The van der Waals surface area contributed by atoms with Crippen LogP contribution in [0, 0.1) is 6.92 Å². The van der Waals surface area contributed by atoms with E-state index in [1.165, 1.54) is 0 Å². The largest absolute Gasteiger partial charge is 0.385 e. The van der Waals surface area contributed by atoms with E-state index in [0.29, 0.717) is 0 Å². The molecule has 1 aromatic carbocycles. The van der Waals surface area contributed by atoms with Gasteiger partial charge in [0.05, 0.1) is 0 Å². The Hall–Kier alpha value is -1.55. The van der Waals surface area contributed by atoms with Gasteiger partial charge in [0.25, 0.3) is 5.91 Å². The van der Waals surface area contributed by atoms with Crippen LogP contribution in [0.1, 0.15) is 29.3 Å². The van der Waals surface area contributed by atoms with Crippen molar-refractivity contribution in [2.75, 3.05) is 46.1 Å². The van der Waals surface area contributed by atoms with E-state index in [1.54, 1.807) is 4.90 Å². The Kier molecular flexibility index (Phi) is 6.52. The van der Waals surface area contributed by atoms with E-state index < -0.39 is 0 Å². The lowest BCUT2D eigenvalue weighted by molar-refractivity contribution is 0.0790. The van der Waals surface area contributed by atoms with Crippen LogP contribution in [-0.4, -0.2) is 56.5 Å². The molecule has 0 aliphatic heterocycles. The summed E-state index contributed by atoms with van der Waals surface area (Å²) in [5.41, 5.74) is 2.97. The van der Waals surface area contributed by atoms with Gasteiger partial charge in [0.2, 0.25) is 0 Å². The number of hydrogen-bond acceptors (Lipinski definition) is 3. The molecular weight excluding hydrogens is 250 g/mol. The van der Waals surface area contributed by atoms with Gasteiger partial charge >= 0.3 is 0 Å². The number of carbonyl (C=O) groups is 1. The molecule has 112 valence electrons. The average Bonchev–Trinajstić information content (AvgIpc) is 2.40. The highest BCUT2D eigenvalue weighted by atomic mass is 16.2. The van der Waals surface area contributed by atoms with Crippen molar-refractivity contribution in [3.05, 3.63) is 29.3 Å². The lowest BCUT2D eigenvalue weighted by Crippen LogP contribution is -2.29. The summed E-state index contributed by atoms with van der Waals surface area (Å²) < 4.78 is 0. The normalized spacial score (nSPS) is 10.7. The van der Waals surface area contributed by atoms with Crippen molar-refractivity contribution in [2.45, 2.75) is 20.3 Å². The number of rotatable bonds is 7. The van der Waals surface area contributed by atoms with Gasteiger partial charge in [-0.1, -0.05) is 0 Å². The first-order valence-corrected chi connectivity index (χ1v) is 7.20. The molecule has 0 bridgehead atoms. The molecule has 0 unspecified atom stereocenters. The molecule has 1 aromatic rings. The van der Waals surface area contributed by atoms with Gasteiger partial charge in [0, 0.05) is 31.4 Å². The van der Waals surface area contributed by atoms with E-state index in [0.717, 1.165) is 42.9 Å². The summed E-state index contributed by atoms with van der Waals surface area (Å²) in [6.07, 6.45) is 0.990. The van der Waals surface area contributed by atoms with Gasteiger partial charge in [-0.05, 0) is 64.7 Å². The first kappa shape index (κ1) is 16.5. The number of nitrogens with zero attached hydrogens (tertiary/aromatic N) is 2. The number of nitrogens with one attached hydrogen (secondary N) is 1. The number of aryl methyl sites for hydroxylation is 1. The van der Waals surface area contributed by atoms with E-state index >= 15 is 0 Å². The quantitative estimate of drug-likeness (QED) is 0.831. The Bertz CT molecular complexity index is 443. The van der Waals surface area contributed by atoms with Gasteiger partial charge in [-0.3, -0.25) is 4.79 Å². The molecule has 0 atom stereocenters. The topological polar surface area (TPSA) is 35.6 Å². The second-order valence-electron chi connectivity index (χ2n) is 5.44. The molecular formula is C16H27N3O. The van der Waals surface area contributed by atoms with Crippen LogP contribution in [0.25, 0.3) is 0 Å². The van der Waals surface area contributed by atoms with E-state index in [9.17, 15) is 4.79 Å². The molecule has 0 fully saturated rings. The van der Waals surface area contributed by atoms with Crippen LogP contribution >= 0.6 is 0 Å². The van der Waals surface area contributed by atoms with Crippen LogP contribution < -0.4 is 5.32 Å². The molecule has 0 aliphatic carbocycles. The van der Waals surface area contributed by atoms with E-state index in [1.807, 2.05) is 46.3 Å². The minimum atomic E-state index is 0.0925. The highest BCUT2D eigenvalue weighted by molar-refractivity contribution is 5.94. The first-order chi connectivity index (χ1) is 9.45. The lowest BCUT2D eigenvalue weighted by Gasteiger charge is -2.19. The van der Waals surface area contributed by atoms with Crippen LogP contribution in [0.4, 0.5) is 5.69 Å². The second kappa shape index (κ2) is 7.90. The van der Waals surface area contributed by atoms with Crippen molar-refractivity contribution in [1.82, 2.24) is 9.80 Å². The summed E-state index contributed by atoms with van der Waals surface area (Å²) >= 11 is 0. The fraction of sp³-hybridized carbons (Fsp3) is 0.562. The van der Waals surface area contributed by atoms with Gasteiger partial charge in [0.1, 0.15) is 0 Å². The molecule has 0 aromatic heterocycles. The Morgan fingerprint density at radius 1 is 1.20 bits per heavy atom. The van der Waals surface area contributed by atoms with Crippen LogP contribution in [0.5, 0.6) is 0 Å². The molecule has 20 heavy (non-hydrogen) atoms. The number of anilines is 1. The Morgan fingerprint density at radius 2 is 1.90 bits per heavy atom. The maximum atomic E-state index is 12.3. The van der Waals surface area contributed by atoms with Crippen molar-refractivity contribution in [3.63, 3.8) is 0 Å². The Balaban J connectivity index is 2.64. The summed E-state index contributed by atoms with van der Waals surface area (Å²) in [5.74, 6) is 0.0925. The molecule has 0 saturated carbocycles. The smallest absolute Gasteiger partial charge is 0.253 e. The number of hydrogen-bond donors (Lipinski definition) is 1. The molecule has 0 radical (unpaired) electrons. The minimum absolute atomic E-state index is 0.0925. The number of amides is 1. The first-order valence-electron chi connectivity index (χ1n) is 7.20. The molecule has 4 heteroatoms. The van der Waals surface area contributed by atoms with Crippen molar-refractivity contribution < 1.29 is 4.79 Å². The van der Waals surface area contributed by atoms with Crippen molar-refractivity contribution in [3.8, 4) is 0 Å². The van der Waals surface area contributed by atoms with Gasteiger partial charge < -0.3 is 15.1 Å². The summed E-state index contributed by atoms with van der Waals surface area (Å²) in [6, 6.07) is 5.85. The van der Waals surface area contributed by atoms with Gasteiger partial charge in [-0.15, -0.1) is 0 Å². The maximum Gasteiger partial charge on any atom is 0.253 e. The summed E-state index contributed by atoms with van der Waals surface area (Å²) in [4.78, 5) is 16.3. The summed E-state index contributed by atoms with van der Waals surface area (Å²) in [7, 11) is 5.96. The molecule has 0 aliphatic rings. The molecule has 1 N–H and O–H groups in total. The SMILES string of the molecule is CCNc1ccc(C(=O)N(C)CCCN(C)C)cc1C. The minimum Gasteiger partial charge on any atom is -0.385 e. The zero-order chi connectivity index (χ0) is 15.1. The van der Waals surface area contributed by atoms with Crippen LogP contribution in [-0.2, 0) is 0 Å². The predicted octanol–water partition coefficient (Wildman–Crippen LogP) is 2.45. The summed E-state index contributed by atoms with van der Waals surface area (Å²) in [6.45, 7) is 6.76. The third kappa shape index (κ3) is 4.85. The Morgan fingerprint density at radius 3 is 2.45 bits per heavy atom.